The Hall–Kier alpha value is -0.480. The molecule has 0 bridgehead atoms. The van der Waals surface area contributed by atoms with E-state index in [1.165, 1.54) is 5.56 Å². The van der Waals surface area contributed by atoms with Crippen LogP contribution in [-0.4, -0.2) is 11.4 Å². The zero-order valence-corrected chi connectivity index (χ0v) is 8.72. The Bertz CT molecular complexity index is 314. The van der Waals surface area contributed by atoms with Crippen LogP contribution in [-0.2, 0) is 6.42 Å². The van der Waals surface area contributed by atoms with Crippen molar-refractivity contribution in [2.75, 3.05) is 5.75 Å². The van der Waals surface area contributed by atoms with Gasteiger partial charge in [0.1, 0.15) is 0 Å². The van der Waals surface area contributed by atoms with Crippen molar-refractivity contribution < 1.29 is 9.47 Å². The molecule has 0 fully saturated rings. The number of rotatable bonds is 2. The maximum Gasteiger partial charge on any atom is 0.288 e. The van der Waals surface area contributed by atoms with Crippen molar-refractivity contribution in [1.82, 2.24) is 0 Å². The van der Waals surface area contributed by atoms with Gasteiger partial charge in [-0.15, -0.1) is 0 Å². The van der Waals surface area contributed by atoms with Gasteiger partial charge in [0.25, 0.3) is 5.62 Å². The Morgan fingerprint density at radius 3 is 2.77 bits per heavy atom. The van der Waals surface area contributed by atoms with Crippen molar-refractivity contribution in [2.24, 2.45) is 0 Å². The van der Waals surface area contributed by atoms with Gasteiger partial charge in [0.05, 0.1) is 0 Å². The average molecular weight is 214 g/mol. The molecule has 0 N–H and O–H groups in total. The van der Waals surface area contributed by atoms with Gasteiger partial charge >= 0.3 is 0 Å². The van der Waals surface area contributed by atoms with Gasteiger partial charge in [0.15, 0.2) is 11.5 Å². The van der Waals surface area contributed by atoms with Gasteiger partial charge in [-0.25, -0.2) is 0 Å². The average Bonchev–Trinajstić information content (AvgIpc) is 2.44. The van der Waals surface area contributed by atoms with Crippen LogP contribution >= 0.6 is 25.3 Å². The second-order valence-corrected chi connectivity index (χ2v) is 3.67. The molecule has 0 aliphatic carbocycles. The number of thiol groups is 2. The molecular formula is C9H10O2S2. The predicted molar refractivity (Wildman–Crippen MR) is 58.0 cm³/mol. The number of hydrogen-bond donors (Lipinski definition) is 2. The molecule has 0 spiro atoms. The Kier molecular flexibility index (Phi) is 2.60. The molecule has 4 heteroatoms. The fraction of sp³-hybridized carbons (Fsp3) is 0.333. The van der Waals surface area contributed by atoms with E-state index in [4.69, 9.17) is 9.47 Å². The highest BCUT2D eigenvalue weighted by molar-refractivity contribution is 7.80. The lowest BCUT2D eigenvalue weighted by atomic mass is 10.1. The van der Waals surface area contributed by atoms with Crippen molar-refractivity contribution in [3.63, 3.8) is 0 Å². The first kappa shape index (κ1) is 9.09. The van der Waals surface area contributed by atoms with Crippen LogP contribution in [0.15, 0.2) is 18.2 Å². The summed E-state index contributed by atoms with van der Waals surface area (Å²) in [5.41, 5.74) is 0.751. The summed E-state index contributed by atoms with van der Waals surface area (Å²) in [6, 6.07) is 5.90. The smallest absolute Gasteiger partial charge is 0.288 e. The molecule has 0 aromatic heterocycles. The molecule has 0 radical (unpaired) electrons. The van der Waals surface area contributed by atoms with Crippen LogP contribution in [0.1, 0.15) is 5.56 Å². The number of hydrogen-bond acceptors (Lipinski definition) is 4. The van der Waals surface area contributed by atoms with Crippen LogP contribution in [0.25, 0.3) is 0 Å². The largest absolute Gasteiger partial charge is 0.442 e. The molecule has 1 aromatic carbocycles. The molecule has 0 amide bonds. The van der Waals surface area contributed by atoms with E-state index in [0.29, 0.717) is 0 Å². The molecule has 2 nitrogen and oxygen atoms in total. The summed E-state index contributed by atoms with van der Waals surface area (Å²) in [6.07, 6.45) is 0.941. The molecule has 1 aromatic rings. The zero-order valence-electron chi connectivity index (χ0n) is 6.93. The fourth-order valence-electron chi connectivity index (χ4n) is 1.27. The van der Waals surface area contributed by atoms with Gasteiger partial charge < -0.3 is 9.47 Å². The molecule has 1 atom stereocenters. The quantitative estimate of drug-likeness (QED) is 0.735. The maximum absolute atomic E-state index is 5.31. The van der Waals surface area contributed by atoms with Crippen LogP contribution in [0.5, 0.6) is 11.5 Å². The van der Waals surface area contributed by atoms with Crippen molar-refractivity contribution in [3.05, 3.63) is 23.8 Å². The molecule has 1 unspecified atom stereocenters. The Labute approximate surface area is 88.1 Å². The summed E-state index contributed by atoms with van der Waals surface area (Å²) in [5.74, 6) is 2.38. The standard InChI is InChI=1S/C9H10O2S2/c12-4-3-6-1-2-7-8(5-6)11-9(13)10-7/h1-2,5,9,12-13H,3-4H2. The summed E-state index contributed by atoms with van der Waals surface area (Å²) in [6.45, 7) is 0. The van der Waals surface area contributed by atoms with Gasteiger partial charge in [-0.3, -0.25) is 0 Å². The topological polar surface area (TPSA) is 18.5 Å². The third-order valence-corrected chi connectivity index (χ3v) is 2.30. The third-order valence-electron chi connectivity index (χ3n) is 1.86. The first-order valence-electron chi connectivity index (χ1n) is 4.05. The minimum absolute atomic E-state index is 0.457. The summed E-state index contributed by atoms with van der Waals surface area (Å²) < 4.78 is 10.6. The lowest BCUT2D eigenvalue weighted by molar-refractivity contribution is 0.138. The van der Waals surface area contributed by atoms with Crippen LogP contribution < -0.4 is 9.47 Å². The van der Waals surface area contributed by atoms with Gasteiger partial charge in [0, 0.05) is 0 Å². The molecule has 0 saturated heterocycles. The molecule has 0 saturated carbocycles. The summed E-state index contributed by atoms with van der Waals surface area (Å²) >= 11 is 8.23. The Balaban J connectivity index is 2.24. The number of benzene rings is 1. The van der Waals surface area contributed by atoms with Crippen molar-refractivity contribution in [1.29, 1.82) is 0 Å². The lowest BCUT2D eigenvalue weighted by Crippen LogP contribution is -2.07. The van der Waals surface area contributed by atoms with Gasteiger partial charge in [-0.05, 0) is 29.9 Å². The van der Waals surface area contributed by atoms with Crippen LogP contribution in [0, 0.1) is 0 Å². The minimum Gasteiger partial charge on any atom is -0.442 e. The van der Waals surface area contributed by atoms with E-state index in [2.05, 4.69) is 25.3 Å². The van der Waals surface area contributed by atoms with E-state index in [-0.39, 0.29) is 0 Å². The first-order chi connectivity index (χ1) is 6.29. The number of ether oxygens (including phenoxy) is 2. The monoisotopic (exact) mass is 214 g/mol. The van der Waals surface area contributed by atoms with E-state index < -0.39 is 5.62 Å². The van der Waals surface area contributed by atoms with Crippen molar-refractivity contribution >= 4 is 25.3 Å². The van der Waals surface area contributed by atoms with Gasteiger partial charge in [-0.1, -0.05) is 18.7 Å². The van der Waals surface area contributed by atoms with Crippen LogP contribution in [0.2, 0.25) is 0 Å². The molecular weight excluding hydrogens is 204 g/mol. The Morgan fingerprint density at radius 2 is 2.00 bits per heavy atom. The summed E-state index contributed by atoms with van der Waals surface area (Å²) in [5, 5.41) is 0. The van der Waals surface area contributed by atoms with Crippen LogP contribution in [0.3, 0.4) is 0 Å². The second kappa shape index (κ2) is 3.72. The van der Waals surface area contributed by atoms with E-state index in [0.717, 1.165) is 23.7 Å². The molecule has 1 aliphatic rings. The molecule has 1 heterocycles. The number of aryl methyl sites for hydroxylation is 1. The third kappa shape index (κ3) is 1.89. The number of fused-ring (bicyclic) bond motifs is 1. The van der Waals surface area contributed by atoms with Crippen molar-refractivity contribution in [2.45, 2.75) is 12.0 Å². The van der Waals surface area contributed by atoms with E-state index >= 15 is 0 Å². The van der Waals surface area contributed by atoms with Crippen LogP contribution in [0.4, 0.5) is 0 Å². The SMILES string of the molecule is SCCc1ccc2c(c1)OC(S)O2. The molecule has 13 heavy (non-hydrogen) atoms. The normalized spacial score (nSPS) is 19.1. The predicted octanol–water partition coefficient (Wildman–Crippen LogP) is 2.14. The van der Waals surface area contributed by atoms with E-state index in [1.807, 2.05) is 18.2 Å². The zero-order chi connectivity index (χ0) is 9.26. The van der Waals surface area contributed by atoms with E-state index in [9.17, 15) is 0 Å². The first-order valence-corrected chi connectivity index (χ1v) is 5.19. The summed E-state index contributed by atoms with van der Waals surface area (Å²) in [7, 11) is 0. The second-order valence-electron chi connectivity index (χ2n) is 2.80. The van der Waals surface area contributed by atoms with Gasteiger partial charge in [0.2, 0.25) is 0 Å². The minimum atomic E-state index is -0.457. The van der Waals surface area contributed by atoms with Crippen molar-refractivity contribution in [3.8, 4) is 11.5 Å². The Morgan fingerprint density at radius 1 is 1.23 bits per heavy atom. The van der Waals surface area contributed by atoms with E-state index in [1.54, 1.807) is 0 Å². The maximum atomic E-state index is 5.31. The van der Waals surface area contributed by atoms with Gasteiger partial charge in [-0.2, -0.15) is 12.6 Å². The molecule has 2 rings (SSSR count). The highest BCUT2D eigenvalue weighted by atomic mass is 32.1. The molecule has 1 aliphatic heterocycles. The summed E-state index contributed by atoms with van der Waals surface area (Å²) in [4.78, 5) is 0. The molecule has 70 valence electrons. The fourth-order valence-corrected chi connectivity index (χ4v) is 1.75. The highest BCUT2D eigenvalue weighted by Crippen LogP contribution is 2.36. The highest BCUT2D eigenvalue weighted by Gasteiger charge is 2.20. The lowest BCUT2D eigenvalue weighted by Gasteiger charge is -1.99.